The van der Waals surface area contributed by atoms with Crippen LogP contribution in [0.2, 0.25) is 0 Å². The van der Waals surface area contributed by atoms with Gasteiger partial charge in [-0.25, -0.2) is 21.6 Å². The summed E-state index contributed by atoms with van der Waals surface area (Å²) < 4.78 is 55.4. The molecule has 0 aromatic carbocycles. The van der Waals surface area contributed by atoms with Gasteiger partial charge in [-0.05, 0) is 49.9 Å². The molecule has 150 valence electrons. The zero-order valence-corrected chi connectivity index (χ0v) is 18.6. The van der Waals surface area contributed by atoms with Crippen molar-refractivity contribution in [2.75, 3.05) is 13.1 Å². The highest BCUT2D eigenvalue weighted by Gasteiger charge is 2.38. The lowest BCUT2D eigenvalue weighted by Gasteiger charge is -2.21. The van der Waals surface area contributed by atoms with Crippen molar-refractivity contribution in [3.05, 3.63) is 34.0 Å². The van der Waals surface area contributed by atoms with Gasteiger partial charge in [-0.1, -0.05) is 13.8 Å². The smallest absolute Gasteiger partial charge is 0.209 e. The summed E-state index contributed by atoms with van der Waals surface area (Å²) in [4.78, 5) is 2.02. The second-order valence-corrected chi connectivity index (χ2v) is 12.8. The predicted molar refractivity (Wildman–Crippen MR) is 109 cm³/mol. The first-order valence-electron chi connectivity index (χ1n) is 8.97. The van der Waals surface area contributed by atoms with Gasteiger partial charge in [0, 0.05) is 28.9 Å². The maximum atomic E-state index is 13.0. The van der Waals surface area contributed by atoms with E-state index >= 15 is 0 Å². The fourth-order valence-corrected chi connectivity index (χ4v) is 8.19. The summed E-state index contributed by atoms with van der Waals surface area (Å²) in [5.74, 6) is 0. The van der Waals surface area contributed by atoms with Crippen LogP contribution >= 0.6 is 22.7 Å². The molecule has 0 spiro atoms. The van der Waals surface area contributed by atoms with E-state index in [1.165, 1.54) is 27.0 Å². The Hall–Kier alpha value is -0.780. The molecule has 1 N–H and O–H groups in total. The molecule has 27 heavy (non-hydrogen) atoms. The van der Waals surface area contributed by atoms with Crippen LogP contribution in [0.5, 0.6) is 0 Å². The molecule has 2 aromatic rings. The highest BCUT2D eigenvalue weighted by atomic mass is 32.3. The molecule has 10 heteroatoms. The fraction of sp³-hybridized carbons (Fsp3) is 0.529. The van der Waals surface area contributed by atoms with Gasteiger partial charge in [-0.15, -0.1) is 22.7 Å². The van der Waals surface area contributed by atoms with E-state index in [1.54, 1.807) is 12.1 Å². The lowest BCUT2D eigenvalue weighted by molar-refractivity contribution is 0.407. The summed E-state index contributed by atoms with van der Waals surface area (Å²) >= 11 is 2.53. The average molecular weight is 449 g/mol. The van der Waals surface area contributed by atoms with E-state index in [2.05, 4.69) is 4.72 Å². The van der Waals surface area contributed by atoms with Crippen molar-refractivity contribution in [3.63, 3.8) is 0 Å². The molecule has 2 aromatic heterocycles. The maximum absolute atomic E-state index is 13.0. The first-order valence-corrected chi connectivity index (χ1v) is 13.5. The number of hydrogen-bond donors (Lipinski definition) is 1. The first kappa shape index (κ1) is 20.9. The van der Waals surface area contributed by atoms with Crippen LogP contribution in [-0.2, 0) is 32.9 Å². The molecule has 6 nitrogen and oxygen atoms in total. The van der Waals surface area contributed by atoms with E-state index in [1.807, 2.05) is 26.0 Å². The third-order valence-corrected chi connectivity index (χ3v) is 11.2. The molecule has 1 fully saturated rings. The van der Waals surface area contributed by atoms with E-state index in [-0.39, 0.29) is 23.3 Å². The van der Waals surface area contributed by atoms with Gasteiger partial charge in [0.1, 0.15) is 8.42 Å². The molecule has 0 aliphatic heterocycles. The van der Waals surface area contributed by atoms with E-state index in [9.17, 15) is 16.8 Å². The van der Waals surface area contributed by atoms with Crippen LogP contribution in [0.15, 0.2) is 32.7 Å². The van der Waals surface area contributed by atoms with Gasteiger partial charge >= 0.3 is 0 Å². The molecule has 1 aliphatic rings. The highest BCUT2D eigenvalue weighted by molar-refractivity contribution is 7.91. The van der Waals surface area contributed by atoms with E-state index in [0.717, 1.165) is 35.4 Å². The maximum Gasteiger partial charge on any atom is 0.252 e. The van der Waals surface area contributed by atoms with Crippen molar-refractivity contribution in [2.24, 2.45) is 0 Å². The van der Waals surface area contributed by atoms with E-state index in [4.69, 9.17) is 0 Å². The van der Waals surface area contributed by atoms with E-state index < -0.39 is 20.0 Å². The lowest BCUT2D eigenvalue weighted by atomic mass is 10.4. The largest absolute Gasteiger partial charge is 0.252 e. The molecular formula is C17H24N2O4S4. The molecule has 0 saturated heterocycles. The topological polar surface area (TPSA) is 83.6 Å². The Labute approximate surface area is 169 Å². The van der Waals surface area contributed by atoms with E-state index in [0.29, 0.717) is 4.21 Å². The van der Waals surface area contributed by atoms with Gasteiger partial charge in [-0.2, -0.15) is 4.31 Å². The number of thiophene rings is 2. The molecule has 0 unspecified atom stereocenters. The number of nitrogens with zero attached hydrogens (tertiary/aromatic N) is 1. The SMILES string of the molecule is CCc1ccc(S(=O)(=O)NCCN(C2CC2)S(=O)(=O)c2ccc(CC)s2)s1. The van der Waals surface area contributed by atoms with Gasteiger partial charge in [-0.3, -0.25) is 0 Å². The Balaban J connectivity index is 1.68. The van der Waals surface area contributed by atoms with Crippen molar-refractivity contribution in [1.29, 1.82) is 0 Å². The van der Waals surface area contributed by atoms with Crippen LogP contribution < -0.4 is 4.72 Å². The van der Waals surface area contributed by atoms with Crippen LogP contribution in [-0.4, -0.2) is 40.3 Å². The Kier molecular flexibility index (Phi) is 6.44. The van der Waals surface area contributed by atoms with Crippen molar-refractivity contribution < 1.29 is 16.8 Å². The van der Waals surface area contributed by atoms with Gasteiger partial charge in [0.2, 0.25) is 10.0 Å². The Bertz CT molecular complexity index is 988. The second-order valence-electron chi connectivity index (χ2n) is 6.39. The minimum atomic E-state index is -3.61. The molecule has 0 atom stereocenters. The molecule has 1 aliphatic carbocycles. The van der Waals surface area contributed by atoms with Crippen molar-refractivity contribution in [1.82, 2.24) is 9.03 Å². The molecule has 0 radical (unpaired) electrons. The second kappa shape index (κ2) is 8.30. The fourth-order valence-electron chi connectivity index (χ4n) is 2.72. The number of nitrogens with one attached hydrogen (secondary N) is 1. The van der Waals surface area contributed by atoms with Crippen molar-refractivity contribution in [2.45, 2.75) is 54.0 Å². The highest BCUT2D eigenvalue weighted by Crippen LogP contribution is 2.34. The molecular weight excluding hydrogens is 424 g/mol. The Morgan fingerprint density at radius 2 is 1.52 bits per heavy atom. The van der Waals surface area contributed by atoms with Crippen LogP contribution in [0.4, 0.5) is 0 Å². The molecule has 0 bridgehead atoms. The minimum Gasteiger partial charge on any atom is -0.209 e. The van der Waals surface area contributed by atoms with Crippen LogP contribution in [0.25, 0.3) is 0 Å². The van der Waals surface area contributed by atoms with Crippen LogP contribution in [0.3, 0.4) is 0 Å². The lowest BCUT2D eigenvalue weighted by Crippen LogP contribution is -2.39. The third-order valence-electron chi connectivity index (χ3n) is 4.38. The van der Waals surface area contributed by atoms with Gasteiger partial charge in [0.05, 0.1) is 0 Å². The molecule has 2 heterocycles. The number of rotatable bonds is 10. The Morgan fingerprint density at radius 1 is 0.963 bits per heavy atom. The molecule has 3 rings (SSSR count). The summed E-state index contributed by atoms with van der Waals surface area (Å²) in [5.41, 5.74) is 0. The van der Waals surface area contributed by atoms with Crippen LogP contribution in [0, 0.1) is 0 Å². The summed E-state index contributed by atoms with van der Waals surface area (Å²) in [5, 5.41) is 0. The summed E-state index contributed by atoms with van der Waals surface area (Å²) in [6.45, 7) is 4.16. The van der Waals surface area contributed by atoms with Crippen molar-refractivity contribution >= 4 is 42.7 Å². The van der Waals surface area contributed by atoms with Gasteiger partial charge < -0.3 is 0 Å². The zero-order valence-electron chi connectivity index (χ0n) is 15.3. The number of sulfonamides is 2. The zero-order chi connectivity index (χ0) is 19.7. The van der Waals surface area contributed by atoms with Gasteiger partial charge in [0.15, 0.2) is 0 Å². The van der Waals surface area contributed by atoms with Crippen molar-refractivity contribution in [3.8, 4) is 0 Å². The monoisotopic (exact) mass is 448 g/mol. The third kappa shape index (κ3) is 4.80. The van der Waals surface area contributed by atoms with Crippen LogP contribution in [0.1, 0.15) is 36.4 Å². The molecule has 0 amide bonds. The Morgan fingerprint density at radius 3 is 2.04 bits per heavy atom. The number of hydrogen-bond acceptors (Lipinski definition) is 6. The first-order chi connectivity index (χ1) is 12.8. The summed E-state index contributed by atoms with van der Waals surface area (Å²) in [6, 6.07) is 6.87. The normalized spacial score (nSPS) is 15.5. The minimum absolute atomic E-state index is 0.0277. The summed E-state index contributed by atoms with van der Waals surface area (Å²) in [6.07, 6.45) is 3.23. The summed E-state index contributed by atoms with van der Waals surface area (Å²) in [7, 11) is -7.20. The average Bonchev–Trinajstić information content (AvgIpc) is 3.14. The standard InChI is InChI=1S/C17H24N2O4S4/c1-3-14-7-9-16(24-14)26(20,21)18-11-12-19(13-5-6-13)27(22,23)17-10-8-15(4-2)25-17/h7-10,13,18H,3-6,11-12H2,1-2H3. The van der Waals surface area contributed by atoms with Gasteiger partial charge in [0.25, 0.3) is 10.0 Å². The predicted octanol–water partition coefficient (Wildman–Crippen LogP) is 3.07. The number of aryl methyl sites for hydroxylation is 2. The quantitative estimate of drug-likeness (QED) is 0.605. The molecule has 1 saturated carbocycles.